The van der Waals surface area contributed by atoms with Crippen LogP contribution in [0.4, 0.5) is 0 Å². The summed E-state index contributed by atoms with van der Waals surface area (Å²) in [6, 6.07) is 0. The first-order chi connectivity index (χ1) is 3.65. The lowest BCUT2D eigenvalue weighted by Crippen LogP contribution is -1.93. The van der Waals surface area contributed by atoms with Crippen molar-refractivity contribution in [1.82, 2.24) is 0 Å². The molecule has 0 spiro atoms. The van der Waals surface area contributed by atoms with Crippen LogP contribution in [0.25, 0.3) is 0 Å². The Labute approximate surface area is 51.2 Å². The van der Waals surface area contributed by atoms with Crippen LogP contribution in [-0.2, 0) is 11.4 Å². The first kappa shape index (κ1) is 10.9. The molecule has 0 amide bonds. The van der Waals surface area contributed by atoms with Crippen molar-refractivity contribution in [1.29, 1.82) is 0 Å². The number of hydrogen-bond acceptors (Lipinski definition) is 3. The van der Waals surface area contributed by atoms with Crippen LogP contribution in [0.5, 0.6) is 0 Å². The molecule has 52 valence electrons. The Morgan fingerprint density at radius 2 is 2.00 bits per heavy atom. The third-order valence-electron chi connectivity index (χ3n) is 0.289. The average Bonchev–Trinajstić information content (AvgIpc) is 1.65. The van der Waals surface area contributed by atoms with E-state index in [1.165, 1.54) is 0 Å². The molecule has 0 aliphatic carbocycles. The van der Waals surface area contributed by atoms with E-state index < -0.39 is 11.4 Å². The van der Waals surface area contributed by atoms with Crippen molar-refractivity contribution >= 4 is 11.4 Å². The van der Waals surface area contributed by atoms with Gasteiger partial charge in [0.15, 0.2) is 0 Å². The molecule has 0 rings (SSSR count). The van der Waals surface area contributed by atoms with E-state index in [1.54, 1.807) is 0 Å². The molecule has 1 unspecified atom stereocenters. The van der Waals surface area contributed by atoms with E-state index in [0.717, 1.165) is 13.0 Å². The molecular weight excluding hydrogens is 130 g/mol. The zero-order valence-electron chi connectivity index (χ0n) is 4.66. The second-order valence-corrected chi connectivity index (χ2v) is 1.44. The van der Waals surface area contributed by atoms with Gasteiger partial charge in [-0.05, 0) is 13.0 Å². The summed E-state index contributed by atoms with van der Waals surface area (Å²) >= 11 is -2.86. The molecule has 0 aliphatic heterocycles. The van der Waals surface area contributed by atoms with Gasteiger partial charge in [0.05, 0.1) is 11.4 Å². The van der Waals surface area contributed by atoms with Crippen LogP contribution in [0.3, 0.4) is 0 Å². The molecule has 0 aromatic rings. The van der Waals surface area contributed by atoms with Crippen molar-refractivity contribution in [2.45, 2.75) is 13.3 Å². The molecule has 0 heterocycles. The van der Waals surface area contributed by atoms with Crippen molar-refractivity contribution in [3.8, 4) is 0 Å². The number of nitrogens with two attached hydrogens (primary N) is 1. The third kappa shape index (κ3) is 144. The summed E-state index contributed by atoms with van der Waals surface area (Å²) in [5, 5.41) is 0. The van der Waals surface area contributed by atoms with Crippen molar-refractivity contribution in [2.24, 2.45) is 5.73 Å². The van der Waals surface area contributed by atoms with E-state index in [1.807, 2.05) is 0 Å². The highest BCUT2D eigenvalue weighted by Crippen LogP contribution is 1.57. The summed E-state index contributed by atoms with van der Waals surface area (Å²) in [5.41, 5.74) is 5.03. The highest BCUT2D eigenvalue weighted by atomic mass is 32.2. The summed E-state index contributed by atoms with van der Waals surface area (Å²) in [6.07, 6.45) is 1.10. The largest absolute Gasteiger partial charge is 0.750 e. The molecule has 0 aliphatic rings. The fourth-order valence-electron chi connectivity index (χ4n) is 0. The van der Waals surface area contributed by atoms with E-state index in [2.05, 4.69) is 6.92 Å². The fraction of sp³-hybridized carbons (Fsp3) is 1.00. The Hall–Kier alpha value is 0.0300. The zero-order valence-corrected chi connectivity index (χ0v) is 5.48. The Morgan fingerprint density at radius 1 is 1.88 bits per heavy atom. The normalized spacial score (nSPS) is 11.5. The summed E-state index contributed by atoms with van der Waals surface area (Å²) < 4.78 is 24.1. The zero-order chi connectivity index (χ0) is 6.99. The molecule has 5 heteroatoms. The predicted octanol–water partition coefficient (Wildman–Crippen LogP) is -0.306. The van der Waals surface area contributed by atoms with Gasteiger partial charge in [-0.2, -0.15) is 0 Å². The van der Waals surface area contributed by atoms with Gasteiger partial charge in [0, 0.05) is 0 Å². The maximum atomic E-state index is 8.56. The Morgan fingerprint density at radius 3 is 2.00 bits per heavy atom. The number of rotatable bonds is 1. The quantitative estimate of drug-likeness (QED) is 0.489. The molecule has 0 radical (unpaired) electrons. The second-order valence-electron chi connectivity index (χ2n) is 1.01. The summed E-state index contributed by atoms with van der Waals surface area (Å²) in [4.78, 5) is 0. The van der Waals surface area contributed by atoms with Crippen molar-refractivity contribution in [3.05, 3.63) is 0 Å². The smallest absolute Gasteiger partial charge is 0.0814 e. The first-order valence-electron chi connectivity index (χ1n) is 2.13. The molecule has 0 aromatic heterocycles. The van der Waals surface area contributed by atoms with Crippen LogP contribution in [0.1, 0.15) is 13.3 Å². The molecular formula is C3H10NO3S-. The van der Waals surface area contributed by atoms with Gasteiger partial charge in [-0.25, -0.2) is 4.21 Å². The minimum Gasteiger partial charge on any atom is -0.750 e. The van der Waals surface area contributed by atoms with Crippen LogP contribution in [-0.4, -0.2) is 19.9 Å². The van der Waals surface area contributed by atoms with E-state index in [9.17, 15) is 0 Å². The minimum atomic E-state index is -2.86. The number of hydrogen-bond donors (Lipinski definition) is 2. The Balaban J connectivity index is 0. The minimum absolute atomic E-state index is 0.819. The molecule has 0 aromatic carbocycles. The van der Waals surface area contributed by atoms with Crippen molar-refractivity contribution in [3.63, 3.8) is 0 Å². The Kier molecular flexibility index (Phi) is 13.8. The van der Waals surface area contributed by atoms with Gasteiger partial charge in [-0.3, -0.25) is 0 Å². The monoisotopic (exact) mass is 140 g/mol. The van der Waals surface area contributed by atoms with Crippen LogP contribution in [0.2, 0.25) is 0 Å². The lowest BCUT2D eigenvalue weighted by atomic mass is 10.5. The van der Waals surface area contributed by atoms with Crippen molar-refractivity contribution in [2.75, 3.05) is 6.54 Å². The molecule has 0 fully saturated rings. The molecule has 0 bridgehead atoms. The van der Waals surface area contributed by atoms with E-state index in [4.69, 9.17) is 19.0 Å². The molecule has 0 saturated heterocycles. The summed E-state index contributed by atoms with van der Waals surface area (Å²) in [6.45, 7) is 2.88. The molecule has 0 saturated carbocycles. The third-order valence-corrected chi connectivity index (χ3v) is 0.289. The van der Waals surface area contributed by atoms with Gasteiger partial charge in [0.1, 0.15) is 0 Å². The summed E-state index contributed by atoms with van der Waals surface area (Å²) in [5.74, 6) is 0. The molecule has 1 atom stereocenters. The van der Waals surface area contributed by atoms with E-state index in [-0.39, 0.29) is 0 Å². The lowest BCUT2D eigenvalue weighted by molar-refractivity contribution is 0.436. The molecule has 8 heavy (non-hydrogen) atoms. The maximum absolute atomic E-state index is 8.56. The SMILES string of the molecule is CCCN.O=S([O-])O. The lowest BCUT2D eigenvalue weighted by Gasteiger charge is -1.83. The molecule has 4 nitrogen and oxygen atoms in total. The topological polar surface area (TPSA) is 86.4 Å². The van der Waals surface area contributed by atoms with E-state index >= 15 is 0 Å². The second kappa shape index (κ2) is 10.1. The summed E-state index contributed by atoms with van der Waals surface area (Å²) in [7, 11) is 0. The van der Waals surface area contributed by atoms with Crippen LogP contribution >= 0.6 is 0 Å². The maximum Gasteiger partial charge on any atom is 0.0814 e. The van der Waals surface area contributed by atoms with Gasteiger partial charge in [0.25, 0.3) is 0 Å². The first-order valence-corrected chi connectivity index (χ1v) is 3.16. The van der Waals surface area contributed by atoms with Gasteiger partial charge in [-0.15, -0.1) is 0 Å². The standard InChI is InChI=1S/C3H9N.H2O3S/c1-2-3-4;1-4(2)3/h2-4H2,1H3;(H2,1,2,3)/p-1. The molecule has 3 N–H and O–H groups in total. The highest BCUT2D eigenvalue weighted by molar-refractivity contribution is 7.73. The van der Waals surface area contributed by atoms with Gasteiger partial charge in [-0.1, -0.05) is 6.92 Å². The van der Waals surface area contributed by atoms with E-state index in [0.29, 0.717) is 0 Å². The fourth-order valence-corrected chi connectivity index (χ4v) is 0. The highest BCUT2D eigenvalue weighted by Gasteiger charge is 1.55. The Bertz CT molecular complexity index is 52.5. The van der Waals surface area contributed by atoms with Crippen LogP contribution in [0.15, 0.2) is 0 Å². The van der Waals surface area contributed by atoms with Gasteiger partial charge >= 0.3 is 0 Å². The average molecular weight is 140 g/mol. The van der Waals surface area contributed by atoms with Crippen LogP contribution < -0.4 is 5.73 Å². The van der Waals surface area contributed by atoms with Gasteiger partial charge in [0.2, 0.25) is 0 Å². The van der Waals surface area contributed by atoms with Crippen LogP contribution in [0, 0.1) is 0 Å². The van der Waals surface area contributed by atoms with Crippen molar-refractivity contribution < 1.29 is 13.3 Å². The van der Waals surface area contributed by atoms with Gasteiger partial charge < -0.3 is 14.8 Å². The predicted molar refractivity (Wildman–Crippen MR) is 30.9 cm³/mol.